The number of rotatable bonds is 2. The van der Waals surface area contributed by atoms with E-state index < -0.39 is 0 Å². The summed E-state index contributed by atoms with van der Waals surface area (Å²) in [5.41, 5.74) is 2.53. The minimum atomic E-state index is -0.309. The van der Waals surface area contributed by atoms with Crippen LogP contribution in [0.15, 0.2) is 24.3 Å². The minimum Gasteiger partial charge on any atom is -0.439 e. The zero-order valence-electron chi connectivity index (χ0n) is 10.5. The Morgan fingerprint density at radius 1 is 1.00 bits per heavy atom. The third kappa shape index (κ3) is 2.35. The van der Waals surface area contributed by atoms with Gasteiger partial charge in [0, 0.05) is 0 Å². The molecular weight excluding hydrogens is 226 g/mol. The number of benzene rings is 1. The van der Waals surface area contributed by atoms with E-state index in [-0.39, 0.29) is 12.2 Å². The molecule has 0 radical (unpaired) electrons. The van der Waals surface area contributed by atoms with Gasteiger partial charge < -0.3 is 10.1 Å². The molecule has 1 heterocycles. The molecule has 3 rings (SSSR count). The van der Waals surface area contributed by atoms with Crippen molar-refractivity contribution in [3.63, 3.8) is 0 Å². The van der Waals surface area contributed by atoms with Crippen molar-refractivity contribution in [2.45, 2.75) is 44.1 Å². The van der Waals surface area contributed by atoms with Crippen LogP contribution < -0.4 is 5.32 Å². The average molecular weight is 245 g/mol. The van der Waals surface area contributed by atoms with Crippen molar-refractivity contribution in [3.05, 3.63) is 35.4 Å². The summed E-state index contributed by atoms with van der Waals surface area (Å²) in [6, 6.07) is 8.62. The second kappa shape index (κ2) is 5.01. The Bertz CT molecular complexity index is 421. The molecule has 1 saturated carbocycles. The molecule has 3 heteroatoms. The first kappa shape index (κ1) is 11.6. The highest BCUT2D eigenvalue weighted by molar-refractivity contribution is 5.69. The molecule has 1 aliphatic heterocycles. The first-order valence-electron chi connectivity index (χ1n) is 6.87. The van der Waals surface area contributed by atoms with Gasteiger partial charge in [-0.2, -0.15) is 0 Å². The molecule has 1 amide bonds. The fraction of sp³-hybridized carbons (Fsp3) is 0.533. The van der Waals surface area contributed by atoms with Gasteiger partial charge in [-0.25, -0.2) is 4.79 Å². The van der Waals surface area contributed by atoms with Crippen LogP contribution in [-0.4, -0.2) is 12.6 Å². The molecular formula is C15H19NO2. The Kier molecular flexibility index (Phi) is 3.22. The molecule has 0 aromatic heterocycles. The number of ether oxygens (including phenoxy) is 1. The first-order valence-corrected chi connectivity index (χ1v) is 6.87. The monoisotopic (exact) mass is 245 g/mol. The van der Waals surface area contributed by atoms with Crippen molar-refractivity contribution < 1.29 is 9.53 Å². The van der Waals surface area contributed by atoms with Crippen molar-refractivity contribution in [3.8, 4) is 0 Å². The fourth-order valence-corrected chi connectivity index (χ4v) is 2.99. The average Bonchev–Trinajstić information content (AvgIpc) is 2.87. The van der Waals surface area contributed by atoms with E-state index in [4.69, 9.17) is 4.74 Å². The van der Waals surface area contributed by atoms with Crippen LogP contribution in [0.4, 0.5) is 4.79 Å². The molecule has 0 bridgehead atoms. The molecule has 1 saturated heterocycles. The molecule has 0 spiro atoms. The molecule has 96 valence electrons. The minimum absolute atomic E-state index is 0.113. The summed E-state index contributed by atoms with van der Waals surface area (Å²) in [5.74, 6) is 0.733. The van der Waals surface area contributed by atoms with Crippen LogP contribution in [0.3, 0.4) is 0 Å². The molecule has 1 aliphatic carbocycles. The van der Waals surface area contributed by atoms with Gasteiger partial charge in [0.25, 0.3) is 0 Å². The second-order valence-electron chi connectivity index (χ2n) is 5.28. The summed E-state index contributed by atoms with van der Waals surface area (Å²) in [5, 5.41) is 2.68. The Morgan fingerprint density at radius 2 is 1.67 bits per heavy atom. The number of amides is 1. The lowest BCUT2D eigenvalue weighted by Crippen LogP contribution is -2.12. The Hall–Kier alpha value is -1.51. The maximum Gasteiger partial charge on any atom is 0.407 e. The molecule has 1 atom stereocenters. The lowest BCUT2D eigenvalue weighted by Gasteiger charge is -2.22. The topological polar surface area (TPSA) is 38.3 Å². The zero-order valence-corrected chi connectivity index (χ0v) is 10.5. The number of carbonyl (C=O) groups is 1. The Morgan fingerprint density at radius 3 is 2.28 bits per heavy atom. The maximum atomic E-state index is 11.0. The summed E-state index contributed by atoms with van der Waals surface area (Å²) >= 11 is 0. The van der Waals surface area contributed by atoms with Gasteiger partial charge in [-0.3, -0.25) is 0 Å². The van der Waals surface area contributed by atoms with Crippen LogP contribution in [0.25, 0.3) is 0 Å². The predicted octanol–water partition coefficient (Wildman–Crippen LogP) is 3.52. The van der Waals surface area contributed by atoms with Crippen LogP contribution in [0, 0.1) is 0 Å². The van der Waals surface area contributed by atoms with Gasteiger partial charge in [-0.05, 0) is 29.9 Å². The standard InChI is InChI=1S/C15H19NO2/c17-15-16-10-14(18-15)13-8-6-12(7-9-13)11-4-2-1-3-5-11/h6-9,11,14H,1-5,10H2,(H,16,17). The molecule has 2 fully saturated rings. The van der Waals surface area contributed by atoms with Crippen LogP contribution in [0.5, 0.6) is 0 Å². The summed E-state index contributed by atoms with van der Waals surface area (Å²) in [6.45, 7) is 0.585. The summed E-state index contributed by atoms with van der Waals surface area (Å²) in [6.07, 6.45) is 6.32. The van der Waals surface area contributed by atoms with E-state index in [2.05, 4.69) is 29.6 Å². The predicted molar refractivity (Wildman–Crippen MR) is 69.5 cm³/mol. The third-order valence-corrected chi connectivity index (χ3v) is 4.07. The fourth-order valence-electron chi connectivity index (χ4n) is 2.99. The number of hydrogen-bond donors (Lipinski definition) is 1. The number of carbonyl (C=O) groups excluding carboxylic acids is 1. The highest BCUT2D eigenvalue weighted by Crippen LogP contribution is 2.33. The van der Waals surface area contributed by atoms with E-state index >= 15 is 0 Å². The van der Waals surface area contributed by atoms with Crippen LogP contribution in [0.1, 0.15) is 55.3 Å². The van der Waals surface area contributed by atoms with E-state index in [0.717, 1.165) is 11.5 Å². The van der Waals surface area contributed by atoms with Gasteiger partial charge in [-0.15, -0.1) is 0 Å². The summed E-state index contributed by atoms with van der Waals surface area (Å²) in [4.78, 5) is 11.0. The van der Waals surface area contributed by atoms with Gasteiger partial charge in [0.2, 0.25) is 0 Å². The van der Waals surface area contributed by atoms with Crippen molar-refractivity contribution in [1.82, 2.24) is 5.32 Å². The number of alkyl carbamates (subject to hydrolysis) is 1. The van der Waals surface area contributed by atoms with E-state index in [1.807, 2.05) is 0 Å². The van der Waals surface area contributed by atoms with Crippen molar-refractivity contribution in [1.29, 1.82) is 0 Å². The van der Waals surface area contributed by atoms with Gasteiger partial charge in [0.15, 0.2) is 0 Å². The number of hydrogen-bond acceptors (Lipinski definition) is 2. The molecule has 1 aromatic rings. The number of cyclic esters (lactones) is 1. The second-order valence-corrected chi connectivity index (χ2v) is 5.28. The van der Waals surface area contributed by atoms with E-state index in [9.17, 15) is 4.79 Å². The molecule has 1 aromatic carbocycles. The normalized spacial score (nSPS) is 24.7. The smallest absolute Gasteiger partial charge is 0.407 e. The van der Waals surface area contributed by atoms with E-state index in [1.165, 1.54) is 37.7 Å². The molecule has 1 unspecified atom stereocenters. The molecule has 1 N–H and O–H groups in total. The molecule has 3 nitrogen and oxygen atoms in total. The maximum absolute atomic E-state index is 11.0. The van der Waals surface area contributed by atoms with Crippen LogP contribution in [-0.2, 0) is 4.74 Å². The quantitative estimate of drug-likeness (QED) is 0.865. The van der Waals surface area contributed by atoms with Crippen LogP contribution >= 0.6 is 0 Å². The summed E-state index contributed by atoms with van der Waals surface area (Å²) in [7, 11) is 0. The Balaban J connectivity index is 1.70. The first-order chi connectivity index (χ1) is 8.83. The number of nitrogens with one attached hydrogen (secondary N) is 1. The lowest BCUT2D eigenvalue weighted by atomic mass is 9.84. The third-order valence-electron chi connectivity index (χ3n) is 4.07. The van der Waals surface area contributed by atoms with E-state index in [0.29, 0.717) is 6.54 Å². The molecule has 18 heavy (non-hydrogen) atoms. The Labute approximate surface area is 108 Å². The molecule has 2 aliphatic rings. The SMILES string of the molecule is O=C1NCC(c2ccc(C3CCCCC3)cc2)O1. The van der Waals surface area contributed by atoms with Crippen molar-refractivity contribution in [2.75, 3.05) is 6.54 Å². The van der Waals surface area contributed by atoms with Gasteiger partial charge >= 0.3 is 6.09 Å². The van der Waals surface area contributed by atoms with Gasteiger partial charge in [-0.1, -0.05) is 43.5 Å². The van der Waals surface area contributed by atoms with Gasteiger partial charge in [0.1, 0.15) is 6.10 Å². The van der Waals surface area contributed by atoms with E-state index in [1.54, 1.807) is 0 Å². The highest BCUT2D eigenvalue weighted by Gasteiger charge is 2.24. The zero-order chi connectivity index (χ0) is 12.4. The highest BCUT2D eigenvalue weighted by atomic mass is 16.6. The largest absolute Gasteiger partial charge is 0.439 e. The summed E-state index contributed by atoms with van der Waals surface area (Å²) < 4.78 is 5.18. The lowest BCUT2D eigenvalue weighted by molar-refractivity contribution is 0.141. The van der Waals surface area contributed by atoms with Gasteiger partial charge in [0.05, 0.1) is 6.54 Å². The van der Waals surface area contributed by atoms with Crippen LogP contribution in [0.2, 0.25) is 0 Å². The van der Waals surface area contributed by atoms with Crippen molar-refractivity contribution in [2.24, 2.45) is 0 Å². The van der Waals surface area contributed by atoms with Crippen molar-refractivity contribution >= 4 is 6.09 Å².